The second-order valence-electron chi connectivity index (χ2n) is 7.31. The van der Waals surface area contributed by atoms with Crippen LogP contribution in [0.15, 0.2) is 52.2 Å². The Hall–Kier alpha value is -3.00. The number of hydrogen-bond donors (Lipinski definition) is 1. The quantitative estimate of drug-likeness (QED) is 0.693. The maximum atomic E-state index is 13.3. The number of nitrogens with zero attached hydrogens (tertiary/aromatic N) is 2. The van der Waals surface area contributed by atoms with Gasteiger partial charge < -0.3 is 9.88 Å². The molecule has 1 N–H and O–H groups in total. The molecule has 2 aromatic carbocycles. The summed E-state index contributed by atoms with van der Waals surface area (Å²) in [5.74, 6) is 0.0477. The van der Waals surface area contributed by atoms with E-state index in [2.05, 4.69) is 9.97 Å². The van der Waals surface area contributed by atoms with Crippen LogP contribution in [0.4, 0.5) is 0 Å². The van der Waals surface area contributed by atoms with Crippen molar-refractivity contribution in [3.8, 4) is 0 Å². The van der Waals surface area contributed by atoms with Gasteiger partial charge in [0, 0.05) is 17.9 Å². The van der Waals surface area contributed by atoms with Crippen molar-refractivity contribution in [1.29, 1.82) is 0 Å². The van der Waals surface area contributed by atoms with Crippen molar-refractivity contribution in [3.05, 3.63) is 69.8 Å². The van der Waals surface area contributed by atoms with Crippen LogP contribution in [-0.2, 0) is 16.4 Å². The Morgan fingerprint density at radius 3 is 2.52 bits per heavy atom. The standard InChI is InChI=1S/C21H23N3O4S/c1-13(2)24(12-19-22-18-8-6-5-7-16(18)20(25)23-19)21(26)17-11-15(29(4,27)28)10-9-14(17)3/h5-11,13H,12H2,1-4H3,(H,22,23,25). The molecule has 0 aliphatic carbocycles. The summed E-state index contributed by atoms with van der Waals surface area (Å²) in [4.78, 5) is 34.4. The molecule has 0 bridgehead atoms. The predicted molar refractivity (Wildman–Crippen MR) is 112 cm³/mol. The highest BCUT2D eigenvalue weighted by Gasteiger charge is 2.23. The third-order valence-corrected chi connectivity index (χ3v) is 5.84. The summed E-state index contributed by atoms with van der Waals surface area (Å²) in [6, 6.07) is 11.3. The van der Waals surface area contributed by atoms with E-state index in [4.69, 9.17) is 0 Å². The zero-order valence-electron chi connectivity index (χ0n) is 16.8. The number of H-pyrrole nitrogens is 1. The summed E-state index contributed by atoms with van der Waals surface area (Å²) in [6.07, 6.45) is 1.11. The highest BCUT2D eigenvalue weighted by atomic mass is 32.2. The van der Waals surface area contributed by atoms with Gasteiger partial charge in [-0.15, -0.1) is 0 Å². The maximum absolute atomic E-state index is 13.3. The first-order valence-corrected chi connectivity index (χ1v) is 11.1. The van der Waals surface area contributed by atoms with E-state index in [1.54, 1.807) is 42.2 Å². The Morgan fingerprint density at radius 1 is 1.17 bits per heavy atom. The van der Waals surface area contributed by atoms with E-state index in [0.29, 0.717) is 27.9 Å². The lowest BCUT2D eigenvalue weighted by atomic mass is 10.1. The van der Waals surface area contributed by atoms with Gasteiger partial charge in [-0.25, -0.2) is 13.4 Å². The van der Waals surface area contributed by atoms with Gasteiger partial charge in [0.2, 0.25) is 0 Å². The number of carbonyl (C=O) groups excluding carboxylic acids is 1. The van der Waals surface area contributed by atoms with Crippen LogP contribution in [0.2, 0.25) is 0 Å². The van der Waals surface area contributed by atoms with Gasteiger partial charge in [0.15, 0.2) is 9.84 Å². The molecule has 0 saturated carbocycles. The van der Waals surface area contributed by atoms with Crippen LogP contribution < -0.4 is 5.56 Å². The van der Waals surface area contributed by atoms with Crippen molar-refractivity contribution in [1.82, 2.24) is 14.9 Å². The minimum Gasteiger partial charge on any atom is -0.329 e. The summed E-state index contributed by atoms with van der Waals surface area (Å²) in [7, 11) is -3.44. The Kier molecular flexibility index (Phi) is 5.57. The largest absolute Gasteiger partial charge is 0.329 e. The first-order valence-electron chi connectivity index (χ1n) is 9.17. The maximum Gasteiger partial charge on any atom is 0.258 e. The molecule has 1 heterocycles. The van der Waals surface area contributed by atoms with Gasteiger partial charge in [0.25, 0.3) is 11.5 Å². The van der Waals surface area contributed by atoms with Crippen LogP contribution in [0.1, 0.15) is 35.6 Å². The Labute approximate surface area is 169 Å². The van der Waals surface area contributed by atoms with Gasteiger partial charge in [-0.2, -0.15) is 0 Å². The molecular weight excluding hydrogens is 390 g/mol. The first kappa shape index (κ1) is 20.7. The molecular formula is C21H23N3O4S. The number of nitrogens with one attached hydrogen (secondary N) is 1. The minimum absolute atomic E-state index is 0.0902. The number of hydrogen-bond acceptors (Lipinski definition) is 5. The molecule has 0 aliphatic heterocycles. The summed E-state index contributed by atoms with van der Waals surface area (Å²) in [6.45, 7) is 5.56. The second-order valence-corrected chi connectivity index (χ2v) is 9.32. The Morgan fingerprint density at radius 2 is 1.86 bits per heavy atom. The van der Waals surface area contributed by atoms with Crippen LogP contribution in [0, 0.1) is 6.92 Å². The molecule has 0 atom stereocenters. The van der Waals surface area contributed by atoms with Crippen LogP contribution in [0.5, 0.6) is 0 Å². The third-order valence-electron chi connectivity index (χ3n) is 4.73. The summed E-state index contributed by atoms with van der Waals surface area (Å²) >= 11 is 0. The van der Waals surface area contributed by atoms with Crippen molar-refractivity contribution in [2.24, 2.45) is 0 Å². The lowest BCUT2D eigenvalue weighted by Crippen LogP contribution is -2.38. The molecule has 0 fully saturated rings. The number of aryl methyl sites for hydroxylation is 1. The number of para-hydroxylation sites is 1. The topological polar surface area (TPSA) is 100 Å². The summed E-state index contributed by atoms with van der Waals surface area (Å²) in [5, 5.41) is 0.482. The fraction of sp³-hybridized carbons (Fsp3) is 0.286. The van der Waals surface area contributed by atoms with E-state index >= 15 is 0 Å². The van der Waals surface area contributed by atoms with E-state index in [-0.39, 0.29) is 28.9 Å². The highest BCUT2D eigenvalue weighted by Crippen LogP contribution is 2.20. The van der Waals surface area contributed by atoms with Gasteiger partial charge in [0.1, 0.15) is 5.82 Å². The van der Waals surface area contributed by atoms with Gasteiger partial charge >= 0.3 is 0 Å². The normalized spacial score (nSPS) is 11.8. The van der Waals surface area contributed by atoms with Gasteiger partial charge in [-0.1, -0.05) is 18.2 Å². The molecule has 1 aromatic heterocycles. The zero-order valence-corrected chi connectivity index (χ0v) is 17.6. The van der Waals surface area contributed by atoms with E-state index in [9.17, 15) is 18.0 Å². The molecule has 0 spiro atoms. The second kappa shape index (κ2) is 7.79. The van der Waals surface area contributed by atoms with Gasteiger partial charge in [0.05, 0.1) is 22.3 Å². The number of amides is 1. The van der Waals surface area contributed by atoms with Crippen LogP contribution >= 0.6 is 0 Å². The van der Waals surface area contributed by atoms with Gasteiger partial charge in [-0.3, -0.25) is 9.59 Å². The number of rotatable bonds is 5. The summed E-state index contributed by atoms with van der Waals surface area (Å²) < 4.78 is 23.8. The number of aromatic nitrogens is 2. The average molecular weight is 413 g/mol. The monoisotopic (exact) mass is 413 g/mol. The van der Waals surface area contributed by atoms with E-state index in [0.717, 1.165) is 6.26 Å². The molecule has 3 aromatic rings. The third kappa shape index (κ3) is 4.37. The van der Waals surface area contributed by atoms with E-state index in [1.165, 1.54) is 12.1 Å². The molecule has 7 nitrogen and oxygen atoms in total. The number of aromatic amines is 1. The smallest absolute Gasteiger partial charge is 0.258 e. The molecule has 152 valence electrons. The molecule has 8 heteroatoms. The number of carbonyl (C=O) groups is 1. The van der Waals surface area contributed by atoms with Crippen molar-refractivity contribution in [2.45, 2.75) is 38.3 Å². The molecule has 29 heavy (non-hydrogen) atoms. The fourth-order valence-corrected chi connectivity index (χ4v) is 3.72. The molecule has 0 radical (unpaired) electrons. The van der Waals surface area contributed by atoms with Gasteiger partial charge in [-0.05, 0) is 50.6 Å². The van der Waals surface area contributed by atoms with Crippen molar-refractivity contribution in [3.63, 3.8) is 0 Å². The van der Waals surface area contributed by atoms with Crippen LogP contribution in [-0.4, -0.2) is 41.5 Å². The lowest BCUT2D eigenvalue weighted by Gasteiger charge is -2.27. The Balaban J connectivity index is 2.01. The molecule has 0 unspecified atom stereocenters. The molecule has 0 aliphatic rings. The molecule has 3 rings (SSSR count). The van der Waals surface area contributed by atoms with E-state index < -0.39 is 9.84 Å². The van der Waals surface area contributed by atoms with Crippen LogP contribution in [0.3, 0.4) is 0 Å². The van der Waals surface area contributed by atoms with Crippen molar-refractivity contribution in [2.75, 3.05) is 6.26 Å². The SMILES string of the molecule is Cc1ccc(S(C)(=O)=O)cc1C(=O)N(Cc1nc2ccccc2c(=O)[nH]1)C(C)C. The lowest BCUT2D eigenvalue weighted by molar-refractivity contribution is 0.0684. The molecule has 0 saturated heterocycles. The fourth-order valence-electron chi connectivity index (χ4n) is 3.08. The van der Waals surface area contributed by atoms with E-state index in [1.807, 2.05) is 13.8 Å². The highest BCUT2D eigenvalue weighted by molar-refractivity contribution is 7.90. The van der Waals surface area contributed by atoms with Crippen LogP contribution in [0.25, 0.3) is 10.9 Å². The average Bonchev–Trinajstić information content (AvgIpc) is 2.65. The zero-order chi connectivity index (χ0) is 21.3. The summed E-state index contributed by atoms with van der Waals surface area (Å²) in [5.41, 5.74) is 1.27. The molecule has 1 amide bonds. The predicted octanol–water partition coefficient (Wildman–Crippen LogP) is 2.69. The number of sulfone groups is 1. The van der Waals surface area contributed by atoms with Crippen molar-refractivity contribution < 1.29 is 13.2 Å². The minimum atomic E-state index is -3.44. The number of benzene rings is 2. The first-order chi connectivity index (χ1) is 13.6. The van der Waals surface area contributed by atoms with Crippen molar-refractivity contribution >= 4 is 26.6 Å². The Bertz CT molecular complexity index is 1250. The number of fused-ring (bicyclic) bond motifs is 1.